The molecule has 0 radical (unpaired) electrons. The van der Waals surface area contributed by atoms with Crippen LogP contribution >= 0.6 is 27.9 Å². The van der Waals surface area contributed by atoms with Gasteiger partial charge in [0, 0.05) is 53.2 Å². The Morgan fingerprint density at radius 3 is 2.50 bits per heavy atom. The summed E-state index contributed by atoms with van der Waals surface area (Å²) in [5, 5.41) is 4.90. The van der Waals surface area contributed by atoms with Crippen LogP contribution in [0.3, 0.4) is 0 Å². The number of benzene rings is 2. The van der Waals surface area contributed by atoms with Gasteiger partial charge in [0.2, 0.25) is 0 Å². The molecule has 7 nitrogen and oxygen atoms in total. The van der Waals surface area contributed by atoms with Gasteiger partial charge in [-0.2, -0.15) is 0 Å². The lowest BCUT2D eigenvalue weighted by Crippen LogP contribution is -2.35. The van der Waals surface area contributed by atoms with E-state index in [1.807, 2.05) is 62.6 Å². The van der Waals surface area contributed by atoms with Gasteiger partial charge in [0.1, 0.15) is 6.67 Å². The van der Waals surface area contributed by atoms with Crippen LogP contribution in [0, 0.1) is 0 Å². The van der Waals surface area contributed by atoms with E-state index in [1.54, 1.807) is 29.2 Å². The van der Waals surface area contributed by atoms with Crippen LogP contribution in [0.5, 0.6) is 0 Å². The number of aliphatic imine (C=N–C) groups is 1. The van der Waals surface area contributed by atoms with Gasteiger partial charge < -0.3 is 16.0 Å². The maximum atomic E-state index is 6.32. The fourth-order valence-corrected chi connectivity index (χ4v) is 3.94. The second kappa shape index (κ2) is 15.2. The molecule has 0 aliphatic carbocycles. The first-order valence-electron chi connectivity index (χ1n) is 10.9. The Morgan fingerprint density at radius 2 is 1.88 bits per heavy atom. The average Bonchev–Trinajstić information content (AvgIpc) is 2.84. The first kappa shape index (κ1) is 27.5. The number of rotatable bonds is 14. The Kier molecular flexibility index (Phi) is 12.3. The number of nitrogens with two attached hydrogens (primary N) is 2. The summed E-state index contributed by atoms with van der Waals surface area (Å²) in [6.45, 7) is 8.06. The van der Waals surface area contributed by atoms with Crippen molar-refractivity contribution in [2.24, 2.45) is 16.6 Å². The Balaban J connectivity index is 1.87. The zero-order valence-electron chi connectivity index (χ0n) is 19.7. The maximum absolute atomic E-state index is 6.32. The van der Waals surface area contributed by atoms with E-state index in [-0.39, 0.29) is 0 Å². The van der Waals surface area contributed by atoms with Gasteiger partial charge in [-0.25, -0.2) is 10.8 Å². The van der Waals surface area contributed by atoms with E-state index in [0.717, 1.165) is 45.9 Å². The minimum atomic E-state index is 0.385. The maximum Gasteiger partial charge on any atom is 0.154 e. The third-order valence-electron chi connectivity index (χ3n) is 4.70. The Morgan fingerprint density at radius 1 is 1.18 bits per heavy atom. The molecule has 0 unspecified atom stereocenters. The van der Waals surface area contributed by atoms with Gasteiger partial charge in [0.05, 0.1) is 5.71 Å². The zero-order valence-corrected chi connectivity index (χ0v) is 22.1. The fraction of sp³-hybridized carbons (Fsp3) is 0.240. The van der Waals surface area contributed by atoms with Crippen LogP contribution in [0.25, 0.3) is 0 Å². The molecule has 0 spiro atoms. The second-order valence-corrected chi connectivity index (χ2v) is 9.58. The summed E-state index contributed by atoms with van der Waals surface area (Å²) in [4.78, 5) is 7.94. The Hall–Kier alpha value is -2.72. The first-order chi connectivity index (χ1) is 16.4. The van der Waals surface area contributed by atoms with Gasteiger partial charge >= 0.3 is 0 Å². The standard InChI is InChI=1S/C25H34BrN7S/c1-4-24(21-9-6-5-7-10-21)31-25(20(2)26)33(28)19-29-22-11-13-23(14-12-22)34-30-16-8-17-32(3)18-15-27/h4-7,9-15,18,29-30H,1,8,16-17,19,27-28H2,2-3H3/b18-15-,25-20+,31-24+. The van der Waals surface area contributed by atoms with Crippen LogP contribution in [0.15, 0.2) is 99.8 Å². The van der Waals surface area contributed by atoms with Crippen molar-refractivity contribution in [3.8, 4) is 0 Å². The van der Waals surface area contributed by atoms with Gasteiger partial charge in [0.25, 0.3) is 0 Å². The SMILES string of the molecule is C=C/C(=N\C(=C(\C)Br)N(N)CNc1ccc(SNCCCN(C)/C=C\N)cc1)c1ccccc1. The monoisotopic (exact) mass is 543 g/mol. The van der Waals surface area contributed by atoms with E-state index in [0.29, 0.717) is 12.5 Å². The van der Waals surface area contributed by atoms with Crippen molar-refractivity contribution < 1.29 is 0 Å². The van der Waals surface area contributed by atoms with E-state index in [4.69, 9.17) is 16.6 Å². The number of nitrogens with one attached hydrogen (secondary N) is 2. The minimum Gasteiger partial charge on any atom is -0.403 e. The summed E-state index contributed by atoms with van der Waals surface area (Å²) in [7, 11) is 2.01. The Bertz CT molecular complexity index is 971. The molecule has 0 aliphatic heterocycles. The predicted molar refractivity (Wildman–Crippen MR) is 150 cm³/mol. The number of hydrazine groups is 1. The highest BCUT2D eigenvalue weighted by Gasteiger charge is 2.09. The number of hydrogen-bond donors (Lipinski definition) is 4. The number of nitrogens with zero attached hydrogens (tertiary/aromatic N) is 3. The van der Waals surface area contributed by atoms with Crippen molar-refractivity contribution >= 4 is 39.3 Å². The molecule has 0 amide bonds. The molecule has 0 bridgehead atoms. The molecule has 0 atom stereocenters. The smallest absolute Gasteiger partial charge is 0.154 e. The van der Waals surface area contributed by atoms with Crippen LogP contribution in [-0.4, -0.2) is 42.4 Å². The number of anilines is 1. The van der Waals surface area contributed by atoms with Gasteiger partial charge in [-0.3, -0.25) is 9.73 Å². The van der Waals surface area contributed by atoms with Crippen molar-refractivity contribution in [3.63, 3.8) is 0 Å². The topological polar surface area (TPSA) is 94.9 Å². The molecule has 0 saturated heterocycles. The number of allylic oxidation sites excluding steroid dienone is 2. The summed E-state index contributed by atoms with van der Waals surface area (Å²) in [6, 6.07) is 18.1. The molecular weight excluding hydrogens is 510 g/mol. The Labute approximate surface area is 215 Å². The molecule has 0 saturated carbocycles. The lowest BCUT2D eigenvalue weighted by molar-refractivity contribution is 0.380. The summed E-state index contributed by atoms with van der Waals surface area (Å²) < 4.78 is 4.21. The lowest BCUT2D eigenvalue weighted by Gasteiger charge is -2.21. The first-order valence-corrected chi connectivity index (χ1v) is 12.5. The molecule has 2 aromatic carbocycles. The van der Waals surface area contributed by atoms with Crippen LogP contribution in [0.1, 0.15) is 18.9 Å². The summed E-state index contributed by atoms with van der Waals surface area (Å²) in [5.41, 5.74) is 8.09. The van der Waals surface area contributed by atoms with Crippen LogP contribution in [0.2, 0.25) is 0 Å². The van der Waals surface area contributed by atoms with Crippen molar-refractivity contribution in [2.75, 3.05) is 32.1 Å². The van der Waals surface area contributed by atoms with Gasteiger partial charge in [-0.15, -0.1) is 0 Å². The summed E-state index contributed by atoms with van der Waals surface area (Å²) >= 11 is 5.15. The number of hydrogen-bond acceptors (Lipinski definition) is 8. The van der Waals surface area contributed by atoms with Crippen molar-refractivity contribution in [3.05, 3.63) is 95.5 Å². The van der Waals surface area contributed by atoms with Gasteiger partial charge in [0.15, 0.2) is 5.82 Å². The summed E-state index contributed by atoms with van der Waals surface area (Å²) in [6.07, 6.45) is 6.18. The molecule has 34 heavy (non-hydrogen) atoms. The third-order valence-corrected chi connectivity index (χ3v) is 5.91. The fourth-order valence-electron chi connectivity index (χ4n) is 2.94. The van der Waals surface area contributed by atoms with Gasteiger partial charge in [-0.05, 0) is 55.6 Å². The van der Waals surface area contributed by atoms with Gasteiger partial charge in [-0.1, -0.05) is 52.8 Å². The van der Waals surface area contributed by atoms with E-state index < -0.39 is 0 Å². The average molecular weight is 545 g/mol. The van der Waals surface area contributed by atoms with Crippen LogP contribution in [0.4, 0.5) is 5.69 Å². The molecule has 0 heterocycles. The quantitative estimate of drug-likeness (QED) is 0.0675. The molecule has 6 N–H and O–H groups in total. The van der Waals surface area contributed by atoms with Crippen molar-refractivity contribution in [1.29, 1.82) is 0 Å². The highest BCUT2D eigenvalue weighted by molar-refractivity contribution is 9.11. The molecule has 2 aromatic rings. The highest BCUT2D eigenvalue weighted by atomic mass is 79.9. The predicted octanol–water partition coefficient (Wildman–Crippen LogP) is 4.84. The molecule has 2 rings (SSSR count). The van der Waals surface area contributed by atoms with E-state index in [1.165, 1.54) is 0 Å². The van der Waals surface area contributed by atoms with E-state index in [2.05, 4.69) is 49.6 Å². The molecule has 182 valence electrons. The highest BCUT2D eigenvalue weighted by Crippen LogP contribution is 2.19. The third kappa shape index (κ3) is 9.64. The molecule has 0 aliphatic rings. The summed E-state index contributed by atoms with van der Waals surface area (Å²) in [5.74, 6) is 6.95. The normalized spacial score (nSPS) is 12.4. The number of halogens is 1. The van der Waals surface area contributed by atoms with Crippen molar-refractivity contribution in [2.45, 2.75) is 18.2 Å². The zero-order chi connectivity index (χ0) is 24.8. The molecule has 0 aromatic heterocycles. The molecular formula is C25H34BrN7S. The second-order valence-electron chi connectivity index (χ2n) is 7.43. The minimum absolute atomic E-state index is 0.385. The largest absolute Gasteiger partial charge is 0.403 e. The van der Waals surface area contributed by atoms with E-state index >= 15 is 0 Å². The van der Waals surface area contributed by atoms with E-state index in [9.17, 15) is 0 Å². The lowest BCUT2D eigenvalue weighted by atomic mass is 10.1. The molecule has 9 heteroatoms. The van der Waals surface area contributed by atoms with Crippen LogP contribution in [-0.2, 0) is 0 Å². The molecule has 0 fully saturated rings. The van der Waals surface area contributed by atoms with Crippen LogP contribution < -0.4 is 21.6 Å². The van der Waals surface area contributed by atoms with Crippen molar-refractivity contribution in [1.82, 2.24) is 14.6 Å².